The normalized spacial score (nSPS) is 27.2. The third-order valence-corrected chi connectivity index (χ3v) is 3.70. The SMILES string of the molecule is O=S1(=O)CCNC(c2cocn2)C1. The van der Waals surface area contributed by atoms with Crippen LogP contribution in [0, 0.1) is 0 Å². The van der Waals surface area contributed by atoms with Crippen LogP contribution in [0.1, 0.15) is 11.7 Å². The predicted molar refractivity (Wildman–Crippen MR) is 45.9 cm³/mol. The lowest BCUT2D eigenvalue weighted by Crippen LogP contribution is -2.39. The number of rotatable bonds is 1. The highest BCUT2D eigenvalue weighted by Crippen LogP contribution is 2.16. The van der Waals surface area contributed by atoms with Crippen LogP contribution >= 0.6 is 0 Å². The molecule has 1 atom stereocenters. The summed E-state index contributed by atoms with van der Waals surface area (Å²) in [4.78, 5) is 3.91. The van der Waals surface area contributed by atoms with E-state index >= 15 is 0 Å². The molecular formula is C7H10N2O3S. The van der Waals surface area contributed by atoms with Crippen molar-refractivity contribution in [1.82, 2.24) is 10.3 Å². The number of hydrogen-bond donors (Lipinski definition) is 1. The van der Waals surface area contributed by atoms with Gasteiger partial charge in [-0.1, -0.05) is 0 Å². The molecular weight excluding hydrogens is 192 g/mol. The molecule has 1 fully saturated rings. The van der Waals surface area contributed by atoms with E-state index in [1.54, 1.807) is 0 Å². The van der Waals surface area contributed by atoms with E-state index in [1.807, 2.05) is 0 Å². The fourth-order valence-electron chi connectivity index (χ4n) is 1.37. The molecule has 2 rings (SSSR count). The molecule has 13 heavy (non-hydrogen) atoms. The van der Waals surface area contributed by atoms with Crippen molar-refractivity contribution in [2.24, 2.45) is 0 Å². The van der Waals surface area contributed by atoms with Gasteiger partial charge in [-0.15, -0.1) is 0 Å². The molecule has 1 aromatic rings. The molecule has 1 N–H and O–H groups in total. The molecule has 1 aliphatic rings. The Bertz CT molecular complexity index is 370. The third kappa shape index (κ3) is 1.89. The third-order valence-electron chi connectivity index (χ3n) is 2.03. The van der Waals surface area contributed by atoms with Crippen LogP contribution in [0.15, 0.2) is 17.1 Å². The van der Waals surface area contributed by atoms with E-state index in [-0.39, 0.29) is 17.5 Å². The molecule has 6 heteroatoms. The standard InChI is InChI=1S/C7H10N2O3S/c10-13(11)2-1-8-7(4-13)6-3-12-5-9-6/h3,5,7-8H,1-2,4H2. The molecule has 1 saturated heterocycles. The minimum atomic E-state index is -2.90. The van der Waals surface area contributed by atoms with Crippen LogP contribution in [-0.2, 0) is 9.84 Å². The Morgan fingerprint density at radius 1 is 1.62 bits per heavy atom. The summed E-state index contributed by atoms with van der Waals surface area (Å²) in [6.45, 7) is 0.486. The van der Waals surface area contributed by atoms with Crippen molar-refractivity contribution in [2.45, 2.75) is 6.04 Å². The van der Waals surface area contributed by atoms with Crippen molar-refractivity contribution < 1.29 is 12.8 Å². The molecule has 0 spiro atoms. The van der Waals surface area contributed by atoms with Crippen molar-refractivity contribution in [1.29, 1.82) is 0 Å². The summed E-state index contributed by atoms with van der Waals surface area (Å²) in [6.07, 6.45) is 2.77. The van der Waals surface area contributed by atoms with E-state index in [0.29, 0.717) is 12.2 Å². The fourth-order valence-corrected chi connectivity index (χ4v) is 2.76. The molecule has 0 radical (unpaired) electrons. The molecule has 5 nitrogen and oxygen atoms in total. The second-order valence-electron chi connectivity index (χ2n) is 3.03. The summed E-state index contributed by atoms with van der Waals surface area (Å²) in [5.74, 6) is 0.320. The smallest absolute Gasteiger partial charge is 0.180 e. The summed E-state index contributed by atoms with van der Waals surface area (Å²) in [6, 6.07) is -0.211. The van der Waals surface area contributed by atoms with Crippen molar-refractivity contribution in [3.05, 3.63) is 18.4 Å². The lowest BCUT2D eigenvalue weighted by molar-refractivity contribution is 0.518. The van der Waals surface area contributed by atoms with Crippen molar-refractivity contribution in [2.75, 3.05) is 18.1 Å². The topological polar surface area (TPSA) is 72.2 Å². The number of oxazole rings is 1. The molecule has 2 heterocycles. The van der Waals surface area contributed by atoms with Gasteiger partial charge in [-0.2, -0.15) is 0 Å². The molecule has 1 aliphatic heterocycles. The Morgan fingerprint density at radius 3 is 3.08 bits per heavy atom. The Hall–Kier alpha value is -0.880. The van der Waals surface area contributed by atoms with Crippen molar-refractivity contribution in [3.63, 3.8) is 0 Å². The molecule has 0 aromatic carbocycles. The largest absolute Gasteiger partial charge is 0.451 e. The van der Waals surface area contributed by atoms with Gasteiger partial charge in [0, 0.05) is 6.54 Å². The molecule has 0 amide bonds. The molecule has 1 unspecified atom stereocenters. The van der Waals surface area contributed by atoms with E-state index in [4.69, 9.17) is 4.42 Å². The van der Waals surface area contributed by atoms with Gasteiger partial charge in [0.2, 0.25) is 0 Å². The van der Waals surface area contributed by atoms with E-state index in [9.17, 15) is 8.42 Å². The number of sulfone groups is 1. The Balaban J connectivity index is 2.18. The summed E-state index contributed by atoms with van der Waals surface area (Å²) in [5.41, 5.74) is 0.656. The summed E-state index contributed by atoms with van der Waals surface area (Å²) >= 11 is 0. The van der Waals surface area contributed by atoms with Crippen LogP contribution in [0.25, 0.3) is 0 Å². The van der Waals surface area contributed by atoms with Crippen LogP contribution < -0.4 is 5.32 Å². The maximum Gasteiger partial charge on any atom is 0.180 e. The van der Waals surface area contributed by atoms with Crippen LogP contribution in [0.2, 0.25) is 0 Å². The van der Waals surface area contributed by atoms with Gasteiger partial charge in [0.15, 0.2) is 16.2 Å². The Labute approximate surface area is 76.1 Å². The molecule has 72 valence electrons. The summed E-state index contributed by atoms with van der Waals surface area (Å²) in [7, 11) is -2.90. The zero-order valence-corrected chi connectivity index (χ0v) is 7.75. The van der Waals surface area contributed by atoms with Crippen LogP contribution in [-0.4, -0.2) is 31.5 Å². The van der Waals surface area contributed by atoms with E-state index < -0.39 is 9.84 Å². The second kappa shape index (κ2) is 3.12. The molecule has 0 bridgehead atoms. The van der Waals surface area contributed by atoms with Crippen LogP contribution in [0.5, 0.6) is 0 Å². The van der Waals surface area contributed by atoms with Gasteiger partial charge >= 0.3 is 0 Å². The first-order valence-electron chi connectivity index (χ1n) is 3.99. The number of hydrogen-bond acceptors (Lipinski definition) is 5. The average Bonchev–Trinajstić information content (AvgIpc) is 2.53. The number of nitrogens with one attached hydrogen (secondary N) is 1. The van der Waals surface area contributed by atoms with Gasteiger partial charge in [-0.05, 0) is 0 Å². The summed E-state index contributed by atoms with van der Waals surface area (Å²) in [5, 5.41) is 3.08. The maximum atomic E-state index is 11.3. The minimum absolute atomic E-state index is 0.111. The molecule has 0 saturated carbocycles. The first-order chi connectivity index (χ1) is 6.17. The van der Waals surface area contributed by atoms with Gasteiger partial charge in [0.1, 0.15) is 6.26 Å². The van der Waals surface area contributed by atoms with E-state index in [2.05, 4.69) is 10.3 Å². The highest BCUT2D eigenvalue weighted by molar-refractivity contribution is 7.91. The highest BCUT2D eigenvalue weighted by atomic mass is 32.2. The van der Waals surface area contributed by atoms with E-state index in [1.165, 1.54) is 12.7 Å². The van der Waals surface area contributed by atoms with Crippen molar-refractivity contribution in [3.8, 4) is 0 Å². The first kappa shape index (κ1) is 8.71. The monoisotopic (exact) mass is 202 g/mol. The number of aromatic nitrogens is 1. The number of nitrogens with zero attached hydrogens (tertiary/aromatic N) is 1. The lowest BCUT2D eigenvalue weighted by atomic mass is 10.2. The van der Waals surface area contributed by atoms with Crippen LogP contribution in [0.4, 0.5) is 0 Å². The van der Waals surface area contributed by atoms with Gasteiger partial charge in [0.05, 0.1) is 23.2 Å². The first-order valence-corrected chi connectivity index (χ1v) is 5.81. The zero-order chi connectivity index (χ0) is 9.31. The average molecular weight is 202 g/mol. The lowest BCUT2D eigenvalue weighted by Gasteiger charge is -2.21. The minimum Gasteiger partial charge on any atom is -0.451 e. The molecule has 0 aliphatic carbocycles. The highest BCUT2D eigenvalue weighted by Gasteiger charge is 2.26. The second-order valence-corrected chi connectivity index (χ2v) is 5.26. The van der Waals surface area contributed by atoms with Crippen LogP contribution in [0.3, 0.4) is 0 Å². The zero-order valence-electron chi connectivity index (χ0n) is 6.93. The van der Waals surface area contributed by atoms with E-state index in [0.717, 1.165) is 0 Å². The fraction of sp³-hybridized carbons (Fsp3) is 0.571. The predicted octanol–water partition coefficient (Wildman–Crippen LogP) is -0.266. The van der Waals surface area contributed by atoms with Gasteiger partial charge < -0.3 is 9.73 Å². The van der Waals surface area contributed by atoms with Gasteiger partial charge in [0.25, 0.3) is 0 Å². The van der Waals surface area contributed by atoms with Gasteiger partial charge in [-0.3, -0.25) is 0 Å². The van der Waals surface area contributed by atoms with Gasteiger partial charge in [-0.25, -0.2) is 13.4 Å². The van der Waals surface area contributed by atoms with Crippen molar-refractivity contribution >= 4 is 9.84 Å². The summed E-state index contributed by atoms with van der Waals surface area (Å²) < 4.78 is 27.3. The molecule has 1 aromatic heterocycles. The Kier molecular flexibility index (Phi) is 2.09. The quantitative estimate of drug-likeness (QED) is 0.679. The maximum absolute atomic E-state index is 11.3. The Morgan fingerprint density at radius 2 is 2.46 bits per heavy atom.